The highest BCUT2D eigenvalue weighted by Gasteiger charge is 2.57. The van der Waals surface area contributed by atoms with Gasteiger partial charge in [0.05, 0.1) is 6.34 Å². The van der Waals surface area contributed by atoms with E-state index in [1.807, 2.05) is 0 Å². The van der Waals surface area contributed by atoms with Crippen LogP contribution in [0.4, 0.5) is 4.79 Å². The zero-order valence-corrected chi connectivity index (χ0v) is 17.2. The van der Waals surface area contributed by atoms with Crippen LogP contribution in [-0.2, 0) is 14.3 Å². The molecule has 0 aromatic carbocycles. The Labute approximate surface area is 174 Å². The Morgan fingerprint density at radius 2 is 2.10 bits per heavy atom. The highest BCUT2D eigenvalue weighted by molar-refractivity contribution is 8.00. The molecule has 0 bridgehead atoms. The van der Waals surface area contributed by atoms with Crippen molar-refractivity contribution in [3.63, 3.8) is 0 Å². The van der Waals surface area contributed by atoms with Gasteiger partial charge in [-0.05, 0) is 38.1 Å². The van der Waals surface area contributed by atoms with Crippen molar-refractivity contribution in [3.05, 3.63) is 0 Å². The fourth-order valence-electron chi connectivity index (χ4n) is 4.03. The number of nitrogens with zero attached hydrogens (tertiary/aromatic N) is 3. The number of aliphatic carboxylic acids is 1. The van der Waals surface area contributed by atoms with Crippen LogP contribution in [0.2, 0.25) is 0 Å². The molecule has 29 heavy (non-hydrogen) atoms. The number of amides is 2. The zero-order valence-electron chi connectivity index (χ0n) is 16.4. The second kappa shape index (κ2) is 9.21. The summed E-state index contributed by atoms with van der Waals surface area (Å²) in [5.41, 5.74) is 9.20. The van der Waals surface area contributed by atoms with Crippen LogP contribution in [-0.4, -0.2) is 89.2 Å². The summed E-state index contributed by atoms with van der Waals surface area (Å²) in [6.45, 7) is 2.22. The lowest BCUT2D eigenvalue weighted by atomic mass is 9.88. The third kappa shape index (κ3) is 4.77. The number of thioether (sulfide) groups is 1. The van der Waals surface area contributed by atoms with Gasteiger partial charge in [-0.1, -0.05) is 0 Å². The quantitative estimate of drug-likeness (QED) is 0.276. The molecule has 11 heteroatoms. The van der Waals surface area contributed by atoms with Crippen LogP contribution in [0.25, 0.3) is 0 Å². The number of likely N-dealkylation sites (tertiary alicyclic amines) is 1. The SMILES string of the molecule is NCCCC1CCN(C=NC2C(=O)N3CC(COC(N)=O)(C(=O)O)CS[C@H]23)CC1. The average Bonchev–Trinajstić information content (AvgIpc) is 2.71. The highest BCUT2D eigenvalue weighted by Crippen LogP contribution is 2.43. The maximum absolute atomic E-state index is 12.5. The Balaban J connectivity index is 1.52. The highest BCUT2D eigenvalue weighted by atomic mass is 32.2. The van der Waals surface area contributed by atoms with E-state index in [1.54, 1.807) is 6.34 Å². The molecule has 3 saturated heterocycles. The normalized spacial score (nSPS) is 30.2. The topological polar surface area (TPSA) is 152 Å². The van der Waals surface area contributed by atoms with Crippen molar-refractivity contribution < 1.29 is 24.2 Å². The lowest BCUT2D eigenvalue weighted by Gasteiger charge is -2.52. The third-order valence-electron chi connectivity index (χ3n) is 5.92. The minimum atomic E-state index is -1.34. The maximum Gasteiger partial charge on any atom is 0.404 e. The lowest BCUT2D eigenvalue weighted by Crippen LogP contribution is -2.69. The van der Waals surface area contributed by atoms with Crippen LogP contribution in [0.1, 0.15) is 25.7 Å². The first-order valence-electron chi connectivity index (χ1n) is 9.91. The summed E-state index contributed by atoms with van der Waals surface area (Å²) < 4.78 is 4.74. The van der Waals surface area contributed by atoms with E-state index in [2.05, 4.69) is 9.89 Å². The zero-order chi connectivity index (χ0) is 21.0. The van der Waals surface area contributed by atoms with Crippen LogP contribution in [0.15, 0.2) is 4.99 Å². The number of fused-ring (bicyclic) bond motifs is 1. The Morgan fingerprint density at radius 3 is 2.72 bits per heavy atom. The Bertz CT molecular complexity index is 669. The summed E-state index contributed by atoms with van der Waals surface area (Å²) in [6.07, 6.45) is 5.19. The number of primary amides is 1. The summed E-state index contributed by atoms with van der Waals surface area (Å²) in [7, 11) is 0. The lowest BCUT2D eigenvalue weighted by molar-refractivity contribution is -0.158. The van der Waals surface area contributed by atoms with Crippen molar-refractivity contribution in [2.24, 2.45) is 27.8 Å². The molecule has 0 aromatic rings. The van der Waals surface area contributed by atoms with Crippen LogP contribution >= 0.6 is 11.8 Å². The van der Waals surface area contributed by atoms with Gasteiger partial charge in [-0.25, -0.2) is 4.79 Å². The number of carbonyl (C=O) groups is 3. The molecule has 3 atom stereocenters. The molecule has 5 N–H and O–H groups in total. The monoisotopic (exact) mass is 427 g/mol. The first-order chi connectivity index (χ1) is 13.9. The molecule has 3 aliphatic heterocycles. The van der Waals surface area contributed by atoms with Crippen molar-refractivity contribution in [2.45, 2.75) is 37.1 Å². The average molecular weight is 428 g/mol. The van der Waals surface area contributed by atoms with E-state index in [4.69, 9.17) is 16.2 Å². The predicted octanol–water partition coefficient (Wildman–Crippen LogP) is -0.0844. The van der Waals surface area contributed by atoms with Crippen molar-refractivity contribution in [3.8, 4) is 0 Å². The smallest absolute Gasteiger partial charge is 0.404 e. The van der Waals surface area contributed by atoms with E-state index in [9.17, 15) is 19.5 Å². The number of hydrogen-bond acceptors (Lipinski definition) is 7. The predicted molar refractivity (Wildman–Crippen MR) is 108 cm³/mol. The molecular weight excluding hydrogens is 398 g/mol. The van der Waals surface area contributed by atoms with Gasteiger partial charge in [-0.2, -0.15) is 0 Å². The molecule has 0 aromatic heterocycles. The third-order valence-corrected chi connectivity index (χ3v) is 7.49. The van der Waals surface area contributed by atoms with E-state index >= 15 is 0 Å². The molecule has 0 saturated carbocycles. The Kier molecular flexibility index (Phi) is 6.89. The molecule has 3 fully saturated rings. The number of carboxylic acids is 1. The number of carboxylic acid groups (broad SMARTS) is 1. The molecule has 3 rings (SSSR count). The van der Waals surface area contributed by atoms with Gasteiger partial charge in [0, 0.05) is 25.4 Å². The largest absolute Gasteiger partial charge is 0.481 e. The van der Waals surface area contributed by atoms with E-state index in [1.165, 1.54) is 23.1 Å². The molecule has 2 unspecified atom stereocenters. The van der Waals surface area contributed by atoms with Crippen molar-refractivity contribution in [1.82, 2.24) is 9.80 Å². The number of nitrogens with two attached hydrogens (primary N) is 2. The van der Waals surface area contributed by atoms with Crippen LogP contribution in [0, 0.1) is 11.3 Å². The second-order valence-electron chi connectivity index (χ2n) is 7.98. The first kappa shape index (κ1) is 21.7. The van der Waals surface area contributed by atoms with E-state index in [-0.39, 0.29) is 30.2 Å². The Morgan fingerprint density at radius 1 is 1.38 bits per heavy atom. The van der Waals surface area contributed by atoms with Gasteiger partial charge in [0.2, 0.25) is 0 Å². The van der Waals surface area contributed by atoms with Gasteiger partial charge in [0.15, 0.2) is 6.04 Å². The van der Waals surface area contributed by atoms with Crippen LogP contribution in [0.3, 0.4) is 0 Å². The van der Waals surface area contributed by atoms with Crippen LogP contribution < -0.4 is 11.5 Å². The second-order valence-corrected chi connectivity index (χ2v) is 9.09. The molecular formula is C18H29N5O5S. The molecule has 0 radical (unpaired) electrons. The van der Waals surface area contributed by atoms with Gasteiger partial charge < -0.3 is 31.1 Å². The number of carbonyl (C=O) groups excluding carboxylic acids is 2. The number of rotatable bonds is 8. The molecule has 0 aliphatic carbocycles. The van der Waals surface area contributed by atoms with Gasteiger partial charge in [-0.3, -0.25) is 14.6 Å². The van der Waals surface area contributed by atoms with Crippen molar-refractivity contribution in [1.29, 1.82) is 0 Å². The number of β-lactam (4-membered cyclic amide) rings is 1. The molecule has 2 amide bonds. The summed E-state index contributed by atoms with van der Waals surface area (Å²) in [4.78, 5) is 43.3. The fraction of sp³-hybridized carbons (Fsp3) is 0.778. The summed E-state index contributed by atoms with van der Waals surface area (Å²) in [5, 5.41) is 9.43. The first-order valence-corrected chi connectivity index (χ1v) is 11.0. The van der Waals surface area contributed by atoms with Crippen LogP contribution in [0.5, 0.6) is 0 Å². The number of ether oxygens (including phenoxy) is 1. The molecule has 3 aliphatic rings. The summed E-state index contributed by atoms with van der Waals surface area (Å²) in [6, 6.07) is -0.487. The summed E-state index contributed by atoms with van der Waals surface area (Å²) >= 11 is 1.36. The van der Waals surface area contributed by atoms with E-state index < -0.39 is 23.5 Å². The fourth-order valence-corrected chi connectivity index (χ4v) is 5.54. The molecule has 0 spiro atoms. The minimum Gasteiger partial charge on any atom is -0.481 e. The standard InChI is InChI=1S/C18H29N5O5S/c19-5-1-2-12-3-6-22(7-4-12)11-21-13-14(24)23-8-18(16(25)26,9-28-17(20)27)10-29-15(13)23/h11-13,15H,1-10,19H2,(H2,20,27)(H,25,26)/t13?,15-,18?/m1/s1. The number of hydrogen-bond donors (Lipinski definition) is 3. The van der Waals surface area contributed by atoms with Gasteiger partial charge in [-0.15, -0.1) is 11.8 Å². The molecule has 10 nitrogen and oxygen atoms in total. The summed E-state index contributed by atoms with van der Waals surface area (Å²) in [5.74, 6) is -0.365. The van der Waals surface area contributed by atoms with E-state index in [0.717, 1.165) is 38.9 Å². The van der Waals surface area contributed by atoms with Crippen molar-refractivity contribution in [2.75, 3.05) is 38.5 Å². The maximum atomic E-state index is 12.5. The Hall–Kier alpha value is -2.01. The van der Waals surface area contributed by atoms with Gasteiger partial charge in [0.25, 0.3) is 5.91 Å². The van der Waals surface area contributed by atoms with E-state index in [0.29, 0.717) is 5.92 Å². The van der Waals surface area contributed by atoms with Gasteiger partial charge in [0.1, 0.15) is 17.4 Å². The molecule has 3 heterocycles. The molecule has 162 valence electrons. The van der Waals surface area contributed by atoms with Gasteiger partial charge >= 0.3 is 12.1 Å². The number of piperidine rings is 1. The van der Waals surface area contributed by atoms with Crippen molar-refractivity contribution >= 4 is 36.1 Å². The minimum absolute atomic E-state index is 0.00926. The number of aliphatic imine (C=N–C) groups is 1.